The molecule has 13 heavy (non-hydrogen) atoms. The maximum atomic E-state index is 11.3. The van der Waals surface area contributed by atoms with Crippen molar-refractivity contribution in [3.8, 4) is 0 Å². The fourth-order valence-electron chi connectivity index (χ4n) is 0.908. The fourth-order valence-corrected chi connectivity index (χ4v) is 0.908. The van der Waals surface area contributed by atoms with Crippen molar-refractivity contribution >= 4 is 11.6 Å². The number of aliphatic hydroxyl groups excluding tert-OH is 1. The highest BCUT2D eigenvalue weighted by atomic mass is 16.3. The third-order valence-electron chi connectivity index (χ3n) is 1.51. The Kier molecular flexibility index (Phi) is 2.87. The molecule has 0 aliphatic carbocycles. The van der Waals surface area contributed by atoms with Gasteiger partial charge in [0, 0.05) is 11.3 Å². The maximum Gasteiger partial charge on any atom is 0.253 e. The first-order valence-corrected chi connectivity index (χ1v) is 3.94. The number of rotatable bonds is 2. The summed E-state index contributed by atoms with van der Waals surface area (Å²) in [6.07, 6.45) is -0.843. The zero-order valence-electron chi connectivity index (χ0n) is 7.32. The average Bonchev–Trinajstić information content (AvgIpc) is 2.04. The molecule has 0 radical (unpaired) electrons. The molecule has 1 aromatic carbocycles. The highest BCUT2D eigenvalue weighted by Crippen LogP contribution is 2.04. The first-order valence-electron chi connectivity index (χ1n) is 3.94. The van der Waals surface area contributed by atoms with E-state index in [1.54, 1.807) is 24.3 Å². The number of aliphatic hydroxyl groups is 1. The molecule has 1 amide bonds. The van der Waals surface area contributed by atoms with Gasteiger partial charge in [0.2, 0.25) is 0 Å². The van der Waals surface area contributed by atoms with Crippen LogP contribution in [0, 0.1) is 0 Å². The summed E-state index contributed by atoms with van der Waals surface area (Å²) in [7, 11) is 0. The van der Waals surface area contributed by atoms with Crippen LogP contribution >= 0.6 is 0 Å². The van der Waals surface area contributed by atoms with Crippen molar-refractivity contribution in [2.45, 2.75) is 13.2 Å². The first kappa shape index (κ1) is 9.54. The van der Waals surface area contributed by atoms with Gasteiger partial charge in [-0.2, -0.15) is 0 Å². The Balaban J connectivity index is 2.72. The zero-order valence-corrected chi connectivity index (χ0v) is 7.32. The minimum atomic E-state index is -0.843. The Labute approximate surface area is 76.4 Å². The molecule has 0 aromatic heterocycles. The minimum absolute atomic E-state index is 0.310. The Morgan fingerprint density at radius 3 is 2.46 bits per heavy atom. The summed E-state index contributed by atoms with van der Waals surface area (Å²) in [6.45, 7) is 1.48. The maximum absolute atomic E-state index is 11.3. The summed E-state index contributed by atoms with van der Waals surface area (Å²) in [4.78, 5) is 11.3. The van der Waals surface area contributed by atoms with Gasteiger partial charge < -0.3 is 16.2 Å². The van der Waals surface area contributed by atoms with Crippen LogP contribution in [0.3, 0.4) is 0 Å². The molecule has 4 nitrogen and oxygen atoms in total. The van der Waals surface area contributed by atoms with Gasteiger partial charge in [-0.25, -0.2) is 0 Å². The van der Waals surface area contributed by atoms with Gasteiger partial charge in [-0.15, -0.1) is 0 Å². The molecular weight excluding hydrogens is 168 g/mol. The molecule has 1 aromatic rings. The zero-order chi connectivity index (χ0) is 9.84. The third-order valence-corrected chi connectivity index (χ3v) is 1.51. The Morgan fingerprint density at radius 1 is 1.46 bits per heavy atom. The second-order valence-corrected chi connectivity index (χ2v) is 2.77. The van der Waals surface area contributed by atoms with Crippen LogP contribution in [0.2, 0.25) is 0 Å². The lowest BCUT2D eigenvalue weighted by Crippen LogP contribution is -2.31. The number of carbonyl (C=O) groups excluding carboxylic acids is 1. The Hall–Kier alpha value is -1.55. The van der Waals surface area contributed by atoms with Crippen molar-refractivity contribution in [3.05, 3.63) is 29.8 Å². The highest BCUT2D eigenvalue weighted by Gasteiger charge is 2.05. The molecule has 1 rings (SSSR count). The topological polar surface area (TPSA) is 75.3 Å². The molecule has 0 heterocycles. The molecule has 0 aliphatic heterocycles. The van der Waals surface area contributed by atoms with Gasteiger partial charge in [-0.1, -0.05) is 0 Å². The molecule has 1 atom stereocenters. The normalized spacial score (nSPS) is 12.2. The van der Waals surface area contributed by atoms with Gasteiger partial charge in [0.05, 0.1) is 0 Å². The van der Waals surface area contributed by atoms with Gasteiger partial charge in [0.15, 0.2) is 0 Å². The lowest BCUT2D eigenvalue weighted by molar-refractivity contribution is 0.0819. The van der Waals surface area contributed by atoms with Gasteiger partial charge in [0.1, 0.15) is 6.23 Å². The molecule has 0 fully saturated rings. The number of benzene rings is 1. The summed E-state index contributed by atoms with van der Waals surface area (Å²) >= 11 is 0. The molecule has 0 saturated carbocycles. The number of nitrogens with two attached hydrogens (primary N) is 1. The molecule has 4 N–H and O–H groups in total. The van der Waals surface area contributed by atoms with Crippen LogP contribution in [0.15, 0.2) is 24.3 Å². The van der Waals surface area contributed by atoms with E-state index in [2.05, 4.69) is 5.32 Å². The van der Waals surface area contributed by atoms with E-state index < -0.39 is 6.23 Å². The standard InChI is InChI=1S/C9H12N2O2/c1-6(12)11-9(13)7-2-4-8(10)5-3-7/h2-6,12H,10H2,1H3,(H,11,13). The monoisotopic (exact) mass is 180 g/mol. The van der Waals surface area contributed by atoms with Crippen molar-refractivity contribution in [1.82, 2.24) is 5.32 Å². The minimum Gasteiger partial charge on any atom is -0.399 e. The number of anilines is 1. The van der Waals surface area contributed by atoms with Crippen LogP contribution < -0.4 is 11.1 Å². The fraction of sp³-hybridized carbons (Fsp3) is 0.222. The summed E-state index contributed by atoms with van der Waals surface area (Å²) in [5.41, 5.74) is 6.53. The molecule has 0 aliphatic rings. The van der Waals surface area contributed by atoms with E-state index in [-0.39, 0.29) is 5.91 Å². The SMILES string of the molecule is CC(O)NC(=O)c1ccc(N)cc1. The van der Waals surface area contributed by atoms with E-state index in [1.165, 1.54) is 6.92 Å². The van der Waals surface area contributed by atoms with Crippen molar-refractivity contribution in [2.75, 3.05) is 5.73 Å². The lowest BCUT2D eigenvalue weighted by Gasteiger charge is -2.07. The number of amides is 1. The van der Waals surface area contributed by atoms with E-state index in [4.69, 9.17) is 10.8 Å². The molecule has 1 unspecified atom stereocenters. The van der Waals surface area contributed by atoms with Crippen molar-refractivity contribution in [1.29, 1.82) is 0 Å². The number of hydrogen-bond donors (Lipinski definition) is 3. The van der Waals surface area contributed by atoms with Crippen LogP contribution in [-0.4, -0.2) is 17.2 Å². The van der Waals surface area contributed by atoms with E-state index in [0.29, 0.717) is 11.3 Å². The average molecular weight is 180 g/mol. The van der Waals surface area contributed by atoms with Gasteiger partial charge in [0.25, 0.3) is 5.91 Å². The number of carbonyl (C=O) groups is 1. The predicted octanol–water partition coefficient (Wildman–Crippen LogP) is 0.337. The molecule has 0 saturated heterocycles. The third kappa shape index (κ3) is 2.76. The number of nitrogen functional groups attached to an aromatic ring is 1. The molecule has 0 bridgehead atoms. The van der Waals surface area contributed by atoms with Crippen molar-refractivity contribution in [3.63, 3.8) is 0 Å². The Morgan fingerprint density at radius 2 is 2.00 bits per heavy atom. The second kappa shape index (κ2) is 3.91. The molecular formula is C9H12N2O2. The van der Waals surface area contributed by atoms with Crippen LogP contribution in [0.5, 0.6) is 0 Å². The molecule has 0 spiro atoms. The van der Waals surface area contributed by atoms with E-state index in [0.717, 1.165) is 0 Å². The van der Waals surface area contributed by atoms with Gasteiger partial charge in [-0.3, -0.25) is 4.79 Å². The summed E-state index contributed by atoms with van der Waals surface area (Å²) < 4.78 is 0. The van der Waals surface area contributed by atoms with Crippen LogP contribution in [0.1, 0.15) is 17.3 Å². The number of nitrogens with one attached hydrogen (secondary N) is 1. The summed E-state index contributed by atoms with van der Waals surface area (Å²) in [5.74, 6) is -0.310. The second-order valence-electron chi connectivity index (χ2n) is 2.77. The Bertz CT molecular complexity index is 293. The summed E-state index contributed by atoms with van der Waals surface area (Å²) in [5, 5.41) is 11.2. The smallest absolute Gasteiger partial charge is 0.253 e. The molecule has 70 valence electrons. The number of hydrogen-bond acceptors (Lipinski definition) is 3. The van der Waals surface area contributed by atoms with Crippen LogP contribution in [0.4, 0.5) is 5.69 Å². The van der Waals surface area contributed by atoms with Crippen LogP contribution in [-0.2, 0) is 0 Å². The van der Waals surface area contributed by atoms with E-state index in [9.17, 15) is 4.79 Å². The highest BCUT2D eigenvalue weighted by molar-refractivity contribution is 5.94. The van der Waals surface area contributed by atoms with Crippen LogP contribution in [0.25, 0.3) is 0 Å². The van der Waals surface area contributed by atoms with Crippen molar-refractivity contribution in [2.24, 2.45) is 0 Å². The van der Waals surface area contributed by atoms with E-state index >= 15 is 0 Å². The lowest BCUT2D eigenvalue weighted by atomic mass is 10.2. The quantitative estimate of drug-likeness (QED) is 0.453. The first-order chi connectivity index (χ1) is 6.09. The summed E-state index contributed by atoms with van der Waals surface area (Å²) in [6, 6.07) is 6.48. The predicted molar refractivity (Wildman–Crippen MR) is 50.0 cm³/mol. The van der Waals surface area contributed by atoms with E-state index in [1.807, 2.05) is 0 Å². The van der Waals surface area contributed by atoms with Gasteiger partial charge >= 0.3 is 0 Å². The largest absolute Gasteiger partial charge is 0.399 e. The van der Waals surface area contributed by atoms with Gasteiger partial charge in [-0.05, 0) is 31.2 Å². The molecule has 4 heteroatoms. The van der Waals surface area contributed by atoms with Crippen molar-refractivity contribution < 1.29 is 9.90 Å².